The van der Waals surface area contributed by atoms with Gasteiger partial charge in [-0.2, -0.15) is 4.57 Å². The van der Waals surface area contributed by atoms with Crippen molar-refractivity contribution in [3.05, 3.63) is 74.7 Å². The summed E-state index contributed by atoms with van der Waals surface area (Å²) in [4.78, 5) is 34.6. The van der Waals surface area contributed by atoms with Crippen LogP contribution >= 0.6 is 0 Å². The molecule has 3 N–H and O–H groups in total. The number of fused-ring (bicyclic) bond motifs is 5. The van der Waals surface area contributed by atoms with Gasteiger partial charge in [-0.25, -0.2) is 4.79 Å². The molecule has 178 valence electrons. The summed E-state index contributed by atoms with van der Waals surface area (Å²) in [5.41, 5.74) is 1.37. The first kappa shape index (κ1) is 22.0. The first-order valence-corrected chi connectivity index (χ1v) is 10.5. The molecule has 6 rings (SSSR count). The molecule has 0 unspecified atom stereocenters. The second kappa shape index (κ2) is 8.52. The third kappa shape index (κ3) is 4.03. The Bertz CT molecular complexity index is 1580. The minimum absolute atomic E-state index is 0.182. The lowest BCUT2D eigenvalue weighted by atomic mass is 9.95. The van der Waals surface area contributed by atoms with Crippen LogP contribution in [-0.2, 0) is 13.0 Å². The number of aromatic amines is 2. The SMILES string of the molecule is COc1ccc2cc3[n+](cc2c1O)CCc1cc2c(cc1-3)OCO2.O=C([O-])c1cc(=O)[nH]c(=O)[nH]1. The van der Waals surface area contributed by atoms with E-state index in [-0.39, 0.29) is 12.5 Å². The number of aromatic carboxylic acids is 1. The van der Waals surface area contributed by atoms with Crippen LogP contribution in [0.25, 0.3) is 22.0 Å². The molecule has 0 atom stereocenters. The van der Waals surface area contributed by atoms with Crippen molar-refractivity contribution >= 4 is 16.7 Å². The van der Waals surface area contributed by atoms with E-state index in [0.717, 1.165) is 52.6 Å². The van der Waals surface area contributed by atoms with Gasteiger partial charge in [0.05, 0.1) is 29.7 Å². The van der Waals surface area contributed by atoms with Crippen molar-refractivity contribution in [2.24, 2.45) is 0 Å². The van der Waals surface area contributed by atoms with Crippen LogP contribution < -0.4 is 35.1 Å². The van der Waals surface area contributed by atoms with E-state index in [2.05, 4.69) is 22.8 Å². The van der Waals surface area contributed by atoms with Crippen LogP contribution in [0, 0.1) is 0 Å². The fourth-order valence-electron chi connectivity index (χ4n) is 4.15. The number of H-pyrrole nitrogens is 2. The molecule has 2 aromatic carbocycles. The number of nitrogens with zero attached hydrogens (tertiary/aromatic N) is 1. The molecule has 0 fully saturated rings. The first-order chi connectivity index (χ1) is 16.8. The molecule has 2 aliphatic rings. The molecule has 0 saturated heterocycles. The predicted octanol–water partition coefficient (Wildman–Crippen LogP) is 0.220. The number of carbonyl (C=O) groups excluding carboxylic acids is 1. The predicted molar refractivity (Wildman–Crippen MR) is 120 cm³/mol. The van der Waals surface area contributed by atoms with Gasteiger partial charge in [0, 0.05) is 18.6 Å². The minimum Gasteiger partial charge on any atom is -0.543 e. The van der Waals surface area contributed by atoms with Gasteiger partial charge in [-0.1, -0.05) is 0 Å². The normalized spacial score (nSPS) is 12.8. The van der Waals surface area contributed by atoms with Crippen molar-refractivity contribution in [1.82, 2.24) is 9.97 Å². The summed E-state index contributed by atoms with van der Waals surface area (Å²) in [6, 6.07) is 10.7. The molecule has 11 heteroatoms. The summed E-state index contributed by atoms with van der Waals surface area (Å²) in [6.45, 7) is 1.14. The standard InChI is InChI=1S/C19H15NO4.C5H4N2O4/c1-22-16-3-2-11-6-15-13-8-18-17(23-10-24-18)7-12(13)4-5-20(15)9-14(11)19(16)21;8-3-1-2(4(9)10)6-5(11)7-3/h2-3,6-9H,4-5,10H2,1H3;1H,(H,9,10)(H2,6,7,8,11). The quantitative estimate of drug-likeness (QED) is 0.346. The topological polar surface area (TPSA) is 158 Å². The van der Waals surface area contributed by atoms with Crippen LogP contribution in [0.1, 0.15) is 16.1 Å². The third-order valence-electron chi connectivity index (χ3n) is 5.80. The van der Waals surface area contributed by atoms with Crippen LogP contribution in [0.2, 0.25) is 0 Å². The van der Waals surface area contributed by atoms with E-state index in [1.807, 2.05) is 22.2 Å². The molecule has 0 spiro atoms. The molecule has 0 radical (unpaired) electrons. The number of hydrogen-bond donors (Lipinski definition) is 3. The number of methoxy groups -OCH3 is 1. The highest BCUT2D eigenvalue weighted by Crippen LogP contribution is 2.41. The highest BCUT2D eigenvalue weighted by Gasteiger charge is 2.28. The Morgan fingerprint density at radius 2 is 1.89 bits per heavy atom. The Morgan fingerprint density at radius 1 is 1.11 bits per heavy atom. The molecule has 0 amide bonds. The van der Waals surface area contributed by atoms with Crippen molar-refractivity contribution in [1.29, 1.82) is 0 Å². The minimum atomic E-state index is -1.59. The maximum Gasteiger partial charge on any atom is 0.326 e. The highest BCUT2D eigenvalue weighted by molar-refractivity contribution is 5.91. The summed E-state index contributed by atoms with van der Waals surface area (Å²) < 4.78 is 18.4. The molecular weight excluding hydrogens is 458 g/mol. The second-order valence-electron chi connectivity index (χ2n) is 7.87. The van der Waals surface area contributed by atoms with Crippen LogP contribution in [0.4, 0.5) is 0 Å². The number of pyridine rings is 1. The average Bonchev–Trinajstić information content (AvgIpc) is 3.29. The monoisotopic (exact) mass is 477 g/mol. The van der Waals surface area contributed by atoms with Crippen molar-refractivity contribution < 1.29 is 33.8 Å². The van der Waals surface area contributed by atoms with Crippen LogP contribution in [0.5, 0.6) is 23.0 Å². The Morgan fingerprint density at radius 3 is 2.60 bits per heavy atom. The van der Waals surface area contributed by atoms with Gasteiger partial charge < -0.3 is 34.2 Å². The van der Waals surface area contributed by atoms with E-state index >= 15 is 0 Å². The number of phenolic OH excluding ortho intramolecular Hbond substituents is 1. The third-order valence-corrected chi connectivity index (χ3v) is 5.80. The number of aromatic nitrogens is 3. The van der Waals surface area contributed by atoms with Gasteiger partial charge in [0.25, 0.3) is 5.56 Å². The number of phenols is 1. The van der Waals surface area contributed by atoms with Gasteiger partial charge in [0.15, 0.2) is 35.7 Å². The van der Waals surface area contributed by atoms with E-state index in [0.29, 0.717) is 5.75 Å². The zero-order chi connectivity index (χ0) is 24.7. The summed E-state index contributed by atoms with van der Waals surface area (Å²) in [7, 11) is 1.56. The van der Waals surface area contributed by atoms with E-state index in [4.69, 9.17) is 14.2 Å². The Kier molecular flexibility index (Phi) is 5.36. The van der Waals surface area contributed by atoms with Crippen molar-refractivity contribution in [3.8, 4) is 34.3 Å². The van der Waals surface area contributed by atoms with Crippen molar-refractivity contribution in [2.75, 3.05) is 13.9 Å². The number of carboxylic acid groups (broad SMARTS) is 1. The Balaban J connectivity index is 0.000000195. The molecule has 2 aliphatic heterocycles. The molecule has 35 heavy (non-hydrogen) atoms. The number of carbonyl (C=O) groups is 1. The number of rotatable bonds is 2. The maximum absolute atomic E-state index is 10.4. The Hall–Kier alpha value is -4.80. The lowest BCUT2D eigenvalue weighted by Gasteiger charge is -2.16. The van der Waals surface area contributed by atoms with Crippen LogP contribution in [0.15, 0.2) is 52.2 Å². The molecule has 4 heterocycles. The lowest BCUT2D eigenvalue weighted by Crippen LogP contribution is -2.39. The average molecular weight is 477 g/mol. The second-order valence-corrected chi connectivity index (χ2v) is 7.87. The summed E-state index contributed by atoms with van der Waals surface area (Å²) in [5.74, 6) is 0.697. The number of nitrogens with one attached hydrogen (secondary N) is 2. The van der Waals surface area contributed by atoms with Crippen LogP contribution in [0.3, 0.4) is 0 Å². The molecule has 4 aromatic rings. The van der Waals surface area contributed by atoms with E-state index < -0.39 is 22.9 Å². The highest BCUT2D eigenvalue weighted by atomic mass is 16.7. The van der Waals surface area contributed by atoms with Gasteiger partial charge in [0.1, 0.15) is 0 Å². The maximum atomic E-state index is 10.4. The van der Waals surface area contributed by atoms with Gasteiger partial charge >= 0.3 is 5.69 Å². The molecular formula is C24H19N3O8. The lowest BCUT2D eigenvalue weighted by molar-refractivity contribution is -0.686. The molecule has 2 aromatic heterocycles. The largest absolute Gasteiger partial charge is 0.543 e. The Labute approximate surface area is 196 Å². The number of aromatic hydroxyl groups is 1. The molecule has 11 nitrogen and oxygen atoms in total. The molecule has 0 saturated carbocycles. The van der Waals surface area contributed by atoms with E-state index in [1.165, 1.54) is 5.56 Å². The number of aryl methyl sites for hydroxylation is 2. The molecule has 0 aliphatic carbocycles. The van der Waals surface area contributed by atoms with Crippen LogP contribution in [-0.4, -0.2) is 34.9 Å². The van der Waals surface area contributed by atoms with Crippen molar-refractivity contribution in [2.45, 2.75) is 13.0 Å². The molecule has 0 bridgehead atoms. The fraction of sp³-hybridized carbons (Fsp3) is 0.167. The summed E-state index contributed by atoms with van der Waals surface area (Å²) >= 11 is 0. The van der Waals surface area contributed by atoms with Gasteiger partial charge in [-0.05, 0) is 35.2 Å². The van der Waals surface area contributed by atoms with Gasteiger partial charge in [-0.3, -0.25) is 9.78 Å². The van der Waals surface area contributed by atoms with Crippen molar-refractivity contribution in [3.63, 3.8) is 0 Å². The number of benzene rings is 2. The number of ether oxygens (including phenoxy) is 3. The van der Waals surface area contributed by atoms with E-state index in [1.54, 1.807) is 13.2 Å². The van der Waals surface area contributed by atoms with Gasteiger partial charge in [-0.15, -0.1) is 0 Å². The van der Waals surface area contributed by atoms with E-state index in [9.17, 15) is 24.6 Å². The summed E-state index contributed by atoms with van der Waals surface area (Å²) in [6.07, 6.45) is 2.91. The zero-order valence-electron chi connectivity index (χ0n) is 18.4. The smallest absolute Gasteiger partial charge is 0.326 e. The summed E-state index contributed by atoms with van der Waals surface area (Å²) in [5, 5.41) is 22.2. The number of hydrogen-bond acceptors (Lipinski definition) is 8. The fourth-order valence-corrected chi connectivity index (χ4v) is 4.15. The first-order valence-electron chi connectivity index (χ1n) is 10.5. The zero-order valence-corrected chi connectivity index (χ0v) is 18.4. The van der Waals surface area contributed by atoms with Gasteiger partial charge in [0.2, 0.25) is 12.5 Å². The number of carboxylic acids is 1.